The molecule has 0 atom stereocenters. The van der Waals surface area contributed by atoms with Gasteiger partial charge >= 0.3 is 14.5 Å². The average molecular weight is 222 g/mol. The van der Waals surface area contributed by atoms with Crippen LogP contribution in [-0.2, 0) is 0 Å². The second-order valence-electron chi connectivity index (χ2n) is 2.97. The van der Waals surface area contributed by atoms with Gasteiger partial charge in [-0.2, -0.15) is 4.39 Å². The highest BCUT2D eigenvalue weighted by Gasteiger charge is 2.21. The summed E-state index contributed by atoms with van der Waals surface area (Å²) >= 11 is -1.68. The zero-order valence-corrected chi connectivity index (χ0v) is 8.73. The Morgan fingerprint density at radius 3 is 2.07 bits per heavy atom. The summed E-state index contributed by atoms with van der Waals surface area (Å²) in [5.74, 6) is -3.77. The Morgan fingerprint density at radius 2 is 1.57 bits per heavy atom. The number of hydrogen-bond donors (Lipinski definition) is 0. The summed E-state index contributed by atoms with van der Waals surface area (Å²) in [5, 5.41) is 0. The molecule has 0 unspecified atom stereocenters. The van der Waals surface area contributed by atoms with Gasteiger partial charge in [-0.15, -0.1) is 0 Å². The molecule has 0 fully saturated rings. The second kappa shape index (κ2) is 4.20. The van der Waals surface area contributed by atoms with E-state index in [2.05, 4.69) is 0 Å². The predicted octanol–water partition coefficient (Wildman–Crippen LogP) is 2.87. The monoisotopic (exact) mass is 222 g/mol. The molecule has 0 aliphatic carbocycles. The van der Waals surface area contributed by atoms with E-state index in [4.69, 9.17) is 3.79 Å². The third kappa shape index (κ3) is 2.20. The van der Waals surface area contributed by atoms with Gasteiger partial charge in [0.1, 0.15) is 5.75 Å². The number of hydrogen-bond acceptors (Lipinski definition) is 1. The van der Waals surface area contributed by atoms with E-state index in [0.29, 0.717) is 6.07 Å². The van der Waals surface area contributed by atoms with E-state index in [9.17, 15) is 17.6 Å². The normalized spacial score (nSPS) is 10.1. The summed E-state index contributed by atoms with van der Waals surface area (Å²) in [5.41, 5.74) is 0. The first-order chi connectivity index (χ1) is 6.43. The molecule has 0 bridgehead atoms. The van der Waals surface area contributed by atoms with E-state index < -0.39 is 43.5 Å². The lowest BCUT2D eigenvalue weighted by Crippen LogP contribution is -2.13. The minimum absolute atomic E-state index is 0.515. The standard InChI is InChI=1S/C6H2F4O.2CH3.Al/c7-2-1-3(11)5(9)6(10)4(2)8;;;/h1,11H;2*1H3;/q;;;+1/p-1. The van der Waals surface area contributed by atoms with Crippen LogP contribution in [0.3, 0.4) is 0 Å². The lowest BCUT2D eigenvalue weighted by molar-refractivity contribution is 0.387. The molecule has 76 valence electrons. The molecule has 1 rings (SSSR count). The molecule has 14 heavy (non-hydrogen) atoms. The molecule has 0 aliphatic rings. The van der Waals surface area contributed by atoms with Gasteiger partial charge in [0.15, 0.2) is 17.5 Å². The SMILES string of the molecule is [CH3][Al]([CH3])[O]c1cc(F)c(F)c(F)c1F. The lowest BCUT2D eigenvalue weighted by Gasteiger charge is -2.10. The van der Waals surface area contributed by atoms with E-state index >= 15 is 0 Å². The van der Waals surface area contributed by atoms with Gasteiger partial charge in [-0.3, -0.25) is 0 Å². The highest BCUT2D eigenvalue weighted by molar-refractivity contribution is 6.49. The van der Waals surface area contributed by atoms with Crippen LogP contribution in [0.25, 0.3) is 0 Å². The van der Waals surface area contributed by atoms with E-state index in [-0.39, 0.29) is 0 Å². The molecular formula is C8H7AlF4O. The number of benzene rings is 1. The van der Waals surface area contributed by atoms with Crippen LogP contribution in [0.5, 0.6) is 5.75 Å². The maximum absolute atomic E-state index is 12.9. The fraction of sp³-hybridized carbons (Fsp3) is 0.250. The highest BCUT2D eigenvalue weighted by Crippen LogP contribution is 2.24. The van der Waals surface area contributed by atoms with Crippen molar-refractivity contribution in [3.05, 3.63) is 29.3 Å². The van der Waals surface area contributed by atoms with Crippen LogP contribution in [0, 0.1) is 23.3 Å². The Kier molecular flexibility index (Phi) is 3.40. The summed E-state index contributed by atoms with van der Waals surface area (Å²) in [6.07, 6.45) is 0. The molecule has 1 nitrogen and oxygen atoms in total. The molecule has 1 aromatic carbocycles. The second-order valence-corrected chi connectivity index (χ2v) is 5.30. The van der Waals surface area contributed by atoms with Crippen LogP contribution in [0.4, 0.5) is 17.6 Å². The topological polar surface area (TPSA) is 9.23 Å². The van der Waals surface area contributed by atoms with Gasteiger partial charge in [-0.1, -0.05) is 11.6 Å². The van der Waals surface area contributed by atoms with E-state index in [0.717, 1.165) is 0 Å². The molecule has 0 heterocycles. The molecule has 0 saturated carbocycles. The fourth-order valence-corrected chi connectivity index (χ4v) is 1.57. The molecule has 0 saturated heterocycles. The van der Waals surface area contributed by atoms with Crippen molar-refractivity contribution in [2.45, 2.75) is 11.6 Å². The van der Waals surface area contributed by atoms with Gasteiger partial charge in [-0.05, 0) is 0 Å². The van der Waals surface area contributed by atoms with Crippen molar-refractivity contribution in [3.63, 3.8) is 0 Å². The smallest absolute Gasteiger partial charge is 0.540 e. The van der Waals surface area contributed by atoms with Gasteiger partial charge in [0.2, 0.25) is 5.82 Å². The van der Waals surface area contributed by atoms with Crippen molar-refractivity contribution >= 4 is 14.5 Å². The summed E-state index contributed by atoms with van der Waals surface area (Å²) in [6, 6.07) is 0.515. The van der Waals surface area contributed by atoms with E-state index in [1.165, 1.54) is 0 Å². The van der Waals surface area contributed by atoms with Crippen LogP contribution in [0.1, 0.15) is 0 Å². The molecule has 0 aliphatic heterocycles. The average Bonchev–Trinajstić information content (AvgIpc) is 2.10. The van der Waals surface area contributed by atoms with E-state index in [1.54, 1.807) is 11.6 Å². The highest BCUT2D eigenvalue weighted by atomic mass is 27.2. The molecule has 0 aromatic heterocycles. The zero-order valence-electron chi connectivity index (χ0n) is 7.57. The molecule has 0 spiro atoms. The van der Waals surface area contributed by atoms with Crippen molar-refractivity contribution in [1.82, 2.24) is 0 Å². The summed E-state index contributed by atoms with van der Waals surface area (Å²) < 4.78 is 55.5. The minimum atomic E-state index is -1.84. The van der Waals surface area contributed by atoms with Crippen LogP contribution in [0.15, 0.2) is 6.07 Å². The van der Waals surface area contributed by atoms with Crippen molar-refractivity contribution in [2.24, 2.45) is 0 Å². The molecule has 0 radical (unpaired) electrons. The molecular weight excluding hydrogens is 215 g/mol. The van der Waals surface area contributed by atoms with Crippen LogP contribution >= 0.6 is 0 Å². The maximum Gasteiger partial charge on any atom is 0.540 e. The quantitative estimate of drug-likeness (QED) is 0.323. The number of rotatable bonds is 2. The number of halogens is 4. The van der Waals surface area contributed by atoms with Crippen molar-refractivity contribution in [1.29, 1.82) is 0 Å². The summed E-state index contributed by atoms with van der Waals surface area (Å²) in [6.45, 7) is 0. The predicted molar refractivity (Wildman–Crippen MR) is 44.4 cm³/mol. The third-order valence-electron chi connectivity index (χ3n) is 1.43. The Bertz CT molecular complexity index is 354. The maximum atomic E-state index is 12.9. The zero-order chi connectivity index (χ0) is 10.9. The van der Waals surface area contributed by atoms with Crippen molar-refractivity contribution in [3.8, 4) is 5.75 Å². The fourth-order valence-electron chi connectivity index (χ4n) is 0.891. The first-order valence-electron chi connectivity index (χ1n) is 3.93. The summed E-state index contributed by atoms with van der Waals surface area (Å²) in [4.78, 5) is 0. The van der Waals surface area contributed by atoms with Gasteiger partial charge in [0.25, 0.3) is 0 Å². The Balaban J connectivity index is 3.19. The van der Waals surface area contributed by atoms with Crippen LogP contribution in [0.2, 0.25) is 11.6 Å². The van der Waals surface area contributed by atoms with Gasteiger partial charge in [-0.25, -0.2) is 13.2 Å². The Morgan fingerprint density at radius 1 is 1.00 bits per heavy atom. The third-order valence-corrected chi connectivity index (χ3v) is 2.16. The van der Waals surface area contributed by atoms with Crippen LogP contribution < -0.4 is 3.79 Å². The summed E-state index contributed by atoms with van der Waals surface area (Å²) in [7, 11) is 0. The first kappa shape index (κ1) is 11.3. The van der Waals surface area contributed by atoms with E-state index in [1.807, 2.05) is 0 Å². The Hall–Kier alpha value is -0.728. The molecule has 0 amide bonds. The first-order valence-corrected chi connectivity index (χ1v) is 6.71. The van der Waals surface area contributed by atoms with Crippen molar-refractivity contribution < 1.29 is 21.4 Å². The van der Waals surface area contributed by atoms with Gasteiger partial charge in [0.05, 0.1) is 0 Å². The molecule has 6 heteroatoms. The lowest BCUT2D eigenvalue weighted by atomic mass is 10.3. The largest absolute Gasteiger partial charge is 0.641 e. The Labute approximate surface area is 83.0 Å². The molecule has 0 N–H and O–H groups in total. The van der Waals surface area contributed by atoms with Crippen molar-refractivity contribution in [2.75, 3.05) is 0 Å². The minimum Gasteiger partial charge on any atom is -0.641 e. The molecule has 1 aromatic rings. The van der Waals surface area contributed by atoms with Gasteiger partial charge in [0, 0.05) is 6.07 Å². The van der Waals surface area contributed by atoms with Gasteiger partial charge < -0.3 is 3.79 Å². The van der Waals surface area contributed by atoms with Crippen LogP contribution in [-0.4, -0.2) is 14.5 Å².